The molecule has 4 nitrogen and oxygen atoms in total. The number of anilines is 1. The Kier molecular flexibility index (Phi) is 4.40. The lowest BCUT2D eigenvalue weighted by Gasteiger charge is -2.17. The minimum atomic E-state index is -0.0151. The van der Waals surface area contributed by atoms with E-state index in [1.807, 2.05) is 43.8 Å². The van der Waals surface area contributed by atoms with Gasteiger partial charge >= 0.3 is 0 Å². The van der Waals surface area contributed by atoms with Crippen molar-refractivity contribution < 1.29 is 4.79 Å². The first-order valence-electron chi connectivity index (χ1n) is 7.02. The van der Waals surface area contributed by atoms with E-state index in [1.165, 1.54) is 11.3 Å². The summed E-state index contributed by atoms with van der Waals surface area (Å²) in [5.41, 5.74) is 2.13. The fourth-order valence-corrected chi connectivity index (χ4v) is 3.83. The fourth-order valence-electron chi connectivity index (χ4n) is 2.29. The Balaban J connectivity index is 1.74. The molecule has 22 heavy (non-hydrogen) atoms. The number of thiazole rings is 1. The molecule has 114 valence electrons. The number of carbonyl (C=O) groups excluding carboxylic acids is 1. The van der Waals surface area contributed by atoms with Crippen LogP contribution in [0.5, 0.6) is 0 Å². The van der Waals surface area contributed by atoms with Crippen molar-refractivity contribution in [1.29, 1.82) is 0 Å². The maximum atomic E-state index is 12.4. The van der Waals surface area contributed by atoms with Gasteiger partial charge in [-0.25, -0.2) is 4.98 Å². The molecule has 3 rings (SSSR count). The molecule has 1 atom stereocenters. The van der Waals surface area contributed by atoms with E-state index in [1.54, 1.807) is 11.3 Å². The number of nitrogens with one attached hydrogen (secondary N) is 1. The van der Waals surface area contributed by atoms with Crippen molar-refractivity contribution in [2.24, 2.45) is 0 Å². The van der Waals surface area contributed by atoms with E-state index < -0.39 is 0 Å². The molecule has 0 fully saturated rings. The topological polar surface area (TPSA) is 46.9 Å². The van der Waals surface area contributed by atoms with Crippen molar-refractivity contribution in [3.05, 3.63) is 57.5 Å². The van der Waals surface area contributed by atoms with Gasteiger partial charge < -0.3 is 9.88 Å². The van der Waals surface area contributed by atoms with Crippen molar-refractivity contribution in [2.45, 2.75) is 26.3 Å². The molecule has 6 heteroatoms. The van der Waals surface area contributed by atoms with Crippen LogP contribution < -0.4 is 5.32 Å². The molecule has 0 saturated carbocycles. The largest absolute Gasteiger partial charge is 0.346 e. The Labute approximate surface area is 137 Å². The summed E-state index contributed by atoms with van der Waals surface area (Å²) in [7, 11) is 0. The first kappa shape index (κ1) is 15.0. The van der Waals surface area contributed by atoms with Crippen LogP contribution in [0.1, 0.15) is 28.6 Å². The van der Waals surface area contributed by atoms with Gasteiger partial charge in [-0.05, 0) is 48.4 Å². The molecule has 1 amide bonds. The molecule has 0 aromatic carbocycles. The van der Waals surface area contributed by atoms with Gasteiger partial charge in [0.2, 0.25) is 5.91 Å². The van der Waals surface area contributed by atoms with Crippen LogP contribution in [0.4, 0.5) is 5.13 Å². The third-order valence-corrected chi connectivity index (χ3v) is 5.26. The van der Waals surface area contributed by atoms with Crippen molar-refractivity contribution in [3.8, 4) is 0 Å². The molecule has 0 aliphatic carbocycles. The SMILES string of the molecule is Cc1nc(NC(=O)C[C@H](c2ccsc2)n2cccc2)sc1C. The number of nitrogens with zero attached hydrogens (tertiary/aromatic N) is 2. The maximum absolute atomic E-state index is 12.4. The van der Waals surface area contributed by atoms with Gasteiger partial charge in [0.15, 0.2) is 5.13 Å². The van der Waals surface area contributed by atoms with Gasteiger partial charge in [0, 0.05) is 17.3 Å². The van der Waals surface area contributed by atoms with Gasteiger partial charge in [-0.3, -0.25) is 4.79 Å². The number of thiophene rings is 1. The van der Waals surface area contributed by atoms with Crippen LogP contribution in [-0.2, 0) is 4.79 Å². The van der Waals surface area contributed by atoms with E-state index >= 15 is 0 Å². The van der Waals surface area contributed by atoms with Crippen LogP contribution in [-0.4, -0.2) is 15.5 Å². The second kappa shape index (κ2) is 6.46. The molecule has 0 aliphatic heterocycles. The minimum Gasteiger partial charge on any atom is -0.346 e. The van der Waals surface area contributed by atoms with Crippen molar-refractivity contribution in [1.82, 2.24) is 9.55 Å². The molecule has 0 spiro atoms. The molecule has 0 unspecified atom stereocenters. The monoisotopic (exact) mass is 331 g/mol. The first-order valence-corrected chi connectivity index (χ1v) is 8.78. The molecule has 0 bridgehead atoms. The maximum Gasteiger partial charge on any atom is 0.228 e. The van der Waals surface area contributed by atoms with Crippen LogP contribution in [0, 0.1) is 13.8 Å². The lowest BCUT2D eigenvalue weighted by Crippen LogP contribution is -2.19. The highest BCUT2D eigenvalue weighted by molar-refractivity contribution is 7.15. The summed E-state index contributed by atoms with van der Waals surface area (Å²) in [6.45, 7) is 3.96. The highest BCUT2D eigenvalue weighted by atomic mass is 32.1. The summed E-state index contributed by atoms with van der Waals surface area (Å²) in [5, 5.41) is 7.73. The zero-order chi connectivity index (χ0) is 15.5. The predicted octanol–water partition coefficient (Wildman–Crippen LogP) is 4.24. The lowest BCUT2D eigenvalue weighted by atomic mass is 10.1. The number of hydrogen-bond donors (Lipinski definition) is 1. The number of amides is 1. The molecule has 3 heterocycles. The zero-order valence-electron chi connectivity index (χ0n) is 12.4. The van der Waals surface area contributed by atoms with Crippen LogP contribution in [0.2, 0.25) is 0 Å². The van der Waals surface area contributed by atoms with E-state index in [0.717, 1.165) is 16.1 Å². The standard InChI is InChI=1S/C16H17N3OS2/c1-11-12(2)22-16(17-11)18-15(20)9-14(13-5-8-21-10-13)19-6-3-4-7-19/h3-8,10,14H,9H2,1-2H3,(H,17,18,20)/t14-/m1/s1. The number of rotatable bonds is 5. The van der Waals surface area contributed by atoms with Gasteiger partial charge in [0.25, 0.3) is 0 Å². The summed E-state index contributed by atoms with van der Waals surface area (Å²) in [6.07, 6.45) is 4.38. The average molecular weight is 331 g/mol. The average Bonchev–Trinajstić information content (AvgIpc) is 3.20. The molecule has 1 N–H and O–H groups in total. The Bertz CT molecular complexity index is 691. The van der Waals surface area contributed by atoms with Crippen molar-refractivity contribution in [2.75, 3.05) is 5.32 Å². The van der Waals surface area contributed by atoms with E-state index in [9.17, 15) is 4.79 Å². The smallest absolute Gasteiger partial charge is 0.228 e. The van der Waals surface area contributed by atoms with Gasteiger partial charge in [0.05, 0.1) is 18.2 Å². The number of hydrogen-bond acceptors (Lipinski definition) is 4. The lowest BCUT2D eigenvalue weighted by molar-refractivity contribution is -0.116. The Morgan fingerprint density at radius 2 is 2.14 bits per heavy atom. The molecule has 3 aromatic heterocycles. The third kappa shape index (κ3) is 3.28. The zero-order valence-corrected chi connectivity index (χ0v) is 14.1. The number of aryl methyl sites for hydroxylation is 2. The van der Waals surface area contributed by atoms with Gasteiger partial charge in [-0.1, -0.05) is 0 Å². The Morgan fingerprint density at radius 1 is 1.36 bits per heavy atom. The number of carbonyl (C=O) groups is 1. The van der Waals surface area contributed by atoms with Gasteiger partial charge in [0.1, 0.15) is 0 Å². The van der Waals surface area contributed by atoms with Crippen molar-refractivity contribution in [3.63, 3.8) is 0 Å². The van der Waals surface area contributed by atoms with Crippen LogP contribution in [0.3, 0.4) is 0 Å². The van der Waals surface area contributed by atoms with Gasteiger partial charge in [-0.15, -0.1) is 11.3 Å². The second-order valence-electron chi connectivity index (χ2n) is 5.12. The highest BCUT2D eigenvalue weighted by Crippen LogP contribution is 2.26. The van der Waals surface area contributed by atoms with E-state index in [0.29, 0.717) is 11.6 Å². The predicted molar refractivity (Wildman–Crippen MR) is 91.7 cm³/mol. The van der Waals surface area contributed by atoms with E-state index in [-0.39, 0.29) is 11.9 Å². The number of aromatic nitrogens is 2. The summed E-state index contributed by atoms with van der Waals surface area (Å²) in [4.78, 5) is 17.9. The second-order valence-corrected chi connectivity index (χ2v) is 7.10. The quantitative estimate of drug-likeness (QED) is 0.760. The molecule has 0 aliphatic rings. The highest BCUT2D eigenvalue weighted by Gasteiger charge is 2.18. The molecular weight excluding hydrogens is 314 g/mol. The minimum absolute atomic E-state index is 0.0151. The molecule has 0 saturated heterocycles. The molecule has 0 radical (unpaired) electrons. The Hall–Kier alpha value is -1.92. The van der Waals surface area contributed by atoms with Crippen molar-refractivity contribution >= 4 is 33.7 Å². The first-order chi connectivity index (χ1) is 10.6. The summed E-state index contributed by atoms with van der Waals surface area (Å²) in [5.74, 6) is -0.0151. The van der Waals surface area contributed by atoms with E-state index in [4.69, 9.17) is 0 Å². The molecule has 3 aromatic rings. The fraction of sp³-hybridized carbons (Fsp3) is 0.250. The van der Waals surface area contributed by atoms with E-state index in [2.05, 4.69) is 26.3 Å². The third-order valence-electron chi connectivity index (χ3n) is 3.57. The Morgan fingerprint density at radius 3 is 2.73 bits per heavy atom. The van der Waals surface area contributed by atoms with Crippen LogP contribution >= 0.6 is 22.7 Å². The summed E-state index contributed by atoms with van der Waals surface area (Å²) >= 11 is 3.16. The normalized spacial score (nSPS) is 12.3. The van der Waals surface area contributed by atoms with Crippen LogP contribution in [0.15, 0.2) is 41.4 Å². The summed E-state index contributed by atoms with van der Waals surface area (Å²) in [6, 6.07) is 6.04. The molecular formula is C16H17N3OS2. The summed E-state index contributed by atoms with van der Waals surface area (Å²) < 4.78 is 2.07. The van der Waals surface area contributed by atoms with Gasteiger partial charge in [-0.2, -0.15) is 11.3 Å². The van der Waals surface area contributed by atoms with Crippen LogP contribution in [0.25, 0.3) is 0 Å².